The van der Waals surface area contributed by atoms with Crippen LogP contribution in [-0.4, -0.2) is 38.7 Å². The number of para-hydroxylation sites is 1. The van der Waals surface area contributed by atoms with Crippen LogP contribution >= 0.6 is 11.6 Å². The number of rotatable bonds is 7. The summed E-state index contributed by atoms with van der Waals surface area (Å²) >= 11 is 6.01. The SMILES string of the molecule is CC(=O)c1cccc2c1ncn2-c1ccc2ncnc(Nc3c(F)ccc(NS(=O)(=O)c4ccccc4Cl)c3F)c2n1. The van der Waals surface area contributed by atoms with Crippen LogP contribution in [0.2, 0.25) is 5.02 Å². The van der Waals surface area contributed by atoms with Gasteiger partial charge in [0, 0.05) is 5.56 Å². The van der Waals surface area contributed by atoms with E-state index in [2.05, 4.69) is 30.0 Å². The quantitative estimate of drug-likeness (QED) is 0.210. The van der Waals surface area contributed by atoms with Gasteiger partial charge in [0.05, 0.1) is 27.3 Å². The largest absolute Gasteiger partial charge is 0.333 e. The number of hydrogen-bond donors (Lipinski definition) is 2. The number of imidazole rings is 1. The standard InChI is InChI=1S/C28H18ClF2N7O3S/c1-15(39)16-5-4-7-21-25(16)34-14-38(21)23-12-11-20-27(35-23)28(33-13-32-20)36-26-18(30)9-10-19(24(26)31)37-42(40,41)22-8-3-2-6-17(22)29/h2-14,37H,1H3,(H,32,33,36). The molecule has 6 aromatic rings. The van der Waals surface area contributed by atoms with Gasteiger partial charge in [-0.1, -0.05) is 29.8 Å². The molecule has 42 heavy (non-hydrogen) atoms. The van der Waals surface area contributed by atoms with E-state index in [-0.39, 0.29) is 27.0 Å². The molecule has 0 aliphatic rings. The molecule has 0 spiro atoms. The van der Waals surface area contributed by atoms with E-state index in [1.165, 1.54) is 37.8 Å². The van der Waals surface area contributed by atoms with Crippen molar-refractivity contribution in [2.45, 2.75) is 11.8 Å². The minimum Gasteiger partial charge on any atom is -0.333 e. The lowest BCUT2D eigenvalue weighted by Gasteiger charge is -2.14. The summed E-state index contributed by atoms with van der Waals surface area (Å²) in [5.41, 5.74) is 0.916. The Bertz CT molecular complexity index is 2160. The zero-order chi connectivity index (χ0) is 29.6. The van der Waals surface area contributed by atoms with Crippen molar-refractivity contribution in [1.29, 1.82) is 0 Å². The molecule has 0 bridgehead atoms. The monoisotopic (exact) mass is 605 g/mol. The van der Waals surface area contributed by atoms with Crippen molar-refractivity contribution in [2.75, 3.05) is 10.0 Å². The van der Waals surface area contributed by atoms with Crippen LogP contribution in [0.4, 0.5) is 26.0 Å². The minimum absolute atomic E-state index is 0.0420. The second-order valence-corrected chi connectivity index (χ2v) is 11.1. The Balaban J connectivity index is 1.40. The highest BCUT2D eigenvalue weighted by molar-refractivity contribution is 7.92. The molecule has 210 valence electrons. The first-order chi connectivity index (χ1) is 20.1. The molecule has 10 nitrogen and oxygen atoms in total. The maximum atomic E-state index is 15.6. The number of ketones is 1. The number of pyridine rings is 1. The molecular formula is C28H18ClF2N7O3S. The summed E-state index contributed by atoms with van der Waals surface area (Å²) in [5.74, 6) is -2.03. The Hall–Kier alpha value is -5.01. The molecule has 3 heterocycles. The van der Waals surface area contributed by atoms with Crippen LogP contribution < -0.4 is 10.0 Å². The predicted octanol–water partition coefficient (Wildman–Crippen LogP) is 6.04. The molecule has 6 rings (SSSR count). The maximum Gasteiger partial charge on any atom is 0.263 e. The van der Waals surface area contributed by atoms with Crippen LogP contribution in [0, 0.1) is 11.6 Å². The number of anilines is 3. The maximum absolute atomic E-state index is 15.6. The lowest BCUT2D eigenvalue weighted by Crippen LogP contribution is -2.15. The molecule has 2 N–H and O–H groups in total. The Kier molecular flexibility index (Phi) is 6.75. The first-order valence-corrected chi connectivity index (χ1v) is 14.1. The molecular weight excluding hydrogens is 588 g/mol. The number of nitrogens with one attached hydrogen (secondary N) is 2. The van der Waals surface area contributed by atoms with Gasteiger partial charge < -0.3 is 5.32 Å². The molecule has 0 radical (unpaired) electrons. The lowest BCUT2D eigenvalue weighted by molar-refractivity contribution is 0.101. The summed E-state index contributed by atoms with van der Waals surface area (Å²) in [6.45, 7) is 1.45. The molecule has 0 unspecified atom stereocenters. The van der Waals surface area contributed by atoms with Gasteiger partial charge in [-0.2, -0.15) is 0 Å². The Morgan fingerprint density at radius 1 is 0.929 bits per heavy atom. The highest BCUT2D eigenvalue weighted by atomic mass is 35.5. The second kappa shape index (κ2) is 10.4. The van der Waals surface area contributed by atoms with Gasteiger partial charge in [-0.15, -0.1) is 0 Å². The summed E-state index contributed by atoms with van der Waals surface area (Å²) in [6, 6.07) is 16.0. The van der Waals surface area contributed by atoms with Crippen LogP contribution in [-0.2, 0) is 10.0 Å². The van der Waals surface area contributed by atoms with E-state index in [4.69, 9.17) is 11.6 Å². The van der Waals surface area contributed by atoms with E-state index in [1.54, 1.807) is 41.0 Å². The minimum atomic E-state index is -4.30. The fourth-order valence-electron chi connectivity index (χ4n) is 4.39. The number of carbonyl (C=O) groups is 1. The molecule has 0 saturated heterocycles. The van der Waals surface area contributed by atoms with E-state index in [0.717, 1.165) is 12.1 Å². The summed E-state index contributed by atoms with van der Waals surface area (Å²) < 4.78 is 60.0. The van der Waals surface area contributed by atoms with E-state index >= 15 is 4.39 Å². The lowest BCUT2D eigenvalue weighted by atomic mass is 10.1. The molecule has 0 saturated carbocycles. The fourth-order valence-corrected chi connectivity index (χ4v) is 5.97. The van der Waals surface area contributed by atoms with E-state index < -0.39 is 33.0 Å². The van der Waals surface area contributed by atoms with Crippen molar-refractivity contribution in [2.24, 2.45) is 0 Å². The number of sulfonamides is 1. The van der Waals surface area contributed by atoms with Crippen molar-refractivity contribution in [3.05, 3.63) is 102 Å². The molecule has 0 aliphatic carbocycles. The van der Waals surface area contributed by atoms with E-state index in [0.29, 0.717) is 27.9 Å². The topological polar surface area (TPSA) is 132 Å². The van der Waals surface area contributed by atoms with Crippen LogP contribution in [0.1, 0.15) is 17.3 Å². The Labute approximate surface area is 242 Å². The number of Topliss-reactive ketones (excluding diaryl/α,β-unsaturated/α-hetero) is 1. The molecule has 0 amide bonds. The van der Waals surface area contributed by atoms with Gasteiger partial charge in [-0.25, -0.2) is 37.1 Å². The van der Waals surface area contributed by atoms with Crippen molar-refractivity contribution in [1.82, 2.24) is 24.5 Å². The van der Waals surface area contributed by atoms with Crippen molar-refractivity contribution >= 4 is 66.7 Å². The van der Waals surface area contributed by atoms with Crippen molar-refractivity contribution < 1.29 is 22.0 Å². The Morgan fingerprint density at radius 2 is 1.74 bits per heavy atom. The summed E-state index contributed by atoms with van der Waals surface area (Å²) in [5, 5.41) is 2.53. The van der Waals surface area contributed by atoms with Gasteiger partial charge in [0.2, 0.25) is 0 Å². The van der Waals surface area contributed by atoms with Gasteiger partial charge in [-0.05, 0) is 55.5 Å². The number of halogens is 3. The normalized spacial score (nSPS) is 11.6. The Morgan fingerprint density at radius 3 is 2.52 bits per heavy atom. The van der Waals surface area contributed by atoms with Gasteiger partial charge in [0.15, 0.2) is 17.4 Å². The third-order valence-electron chi connectivity index (χ3n) is 6.37. The zero-order valence-electron chi connectivity index (χ0n) is 21.5. The fraction of sp³-hybridized carbons (Fsp3) is 0.0357. The van der Waals surface area contributed by atoms with E-state index in [1.807, 2.05) is 0 Å². The molecule has 14 heteroatoms. The van der Waals surface area contributed by atoms with Gasteiger partial charge >= 0.3 is 0 Å². The molecule has 0 atom stereocenters. The first kappa shape index (κ1) is 27.2. The third kappa shape index (κ3) is 4.78. The average Bonchev–Trinajstić information content (AvgIpc) is 3.41. The van der Waals surface area contributed by atoms with Gasteiger partial charge in [-0.3, -0.25) is 14.1 Å². The van der Waals surface area contributed by atoms with Gasteiger partial charge in [0.1, 0.15) is 40.4 Å². The molecule has 3 aromatic carbocycles. The van der Waals surface area contributed by atoms with Crippen molar-refractivity contribution in [3.8, 4) is 5.82 Å². The molecule has 3 aromatic heterocycles. The number of benzene rings is 3. The van der Waals surface area contributed by atoms with Crippen LogP contribution in [0.15, 0.2) is 84.3 Å². The third-order valence-corrected chi connectivity index (χ3v) is 8.24. The summed E-state index contributed by atoms with van der Waals surface area (Å²) in [4.78, 5) is 29.1. The van der Waals surface area contributed by atoms with Crippen molar-refractivity contribution in [3.63, 3.8) is 0 Å². The summed E-state index contributed by atoms with van der Waals surface area (Å²) in [7, 11) is -4.30. The van der Waals surface area contributed by atoms with Crippen LogP contribution in [0.25, 0.3) is 27.9 Å². The smallest absolute Gasteiger partial charge is 0.263 e. The highest BCUT2D eigenvalue weighted by Gasteiger charge is 2.23. The van der Waals surface area contributed by atoms with Crippen LogP contribution in [0.3, 0.4) is 0 Å². The first-order valence-electron chi connectivity index (χ1n) is 12.3. The number of hydrogen-bond acceptors (Lipinski definition) is 8. The number of aromatic nitrogens is 5. The average molecular weight is 606 g/mol. The zero-order valence-corrected chi connectivity index (χ0v) is 23.1. The number of carbonyl (C=O) groups excluding carboxylic acids is 1. The van der Waals surface area contributed by atoms with Crippen LogP contribution in [0.5, 0.6) is 0 Å². The predicted molar refractivity (Wildman–Crippen MR) is 154 cm³/mol. The van der Waals surface area contributed by atoms with E-state index in [9.17, 15) is 17.6 Å². The number of fused-ring (bicyclic) bond motifs is 2. The summed E-state index contributed by atoms with van der Waals surface area (Å²) in [6.07, 6.45) is 2.70. The number of nitrogens with zero attached hydrogens (tertiary/aromatic N) is 5. The molecule has 0 fully saturated rings. The second-order valence-electron chi connectivity index (χ2n) is 9.05. The molecule has 0 aliphatic heterocycles. The highest BCUT2D eigenvalue weighted by Crippen LogP contribution is 2.32. The van der Waals surface area contributed by atoms with Gasteiger partial charge in [0.25, 0.3) is 10.0 Å².